The van der Waals surface area contributed by atoms with Gasteiger partial charge in [-0.05, 0) is 18.6 Å². The Kier molecular flexibility index (Phi) is 6.91. The summed E-state index contributed by atoms with van der Waals surface area (Å²) in [6, 6.07) is 11.5. The first-order chi connectivity index (χ1) is 12.0. The molecule has 1 heterocycles. The minimum atomic E-state index is -1.54. The van der Waals surface area contributed by atoms with E-state index in [1.165, 1.54) is 11.8 Å². The summed E-state index contributed by atoms with van der Waals surface area (Å²) in [6.07, 6.45) is 1.25. The smallest absolute Gasteiger partial charge is 0.330 e. The number of nitrogens with zero attached hydrogens (tertiary/aromatic N) is 2. The Morgan fingerprint density at radius 3 is 2.72 bits per heavy atom. The van der Waals surface area contributed by atoms with Gasteiger partial charge in [0.05, 0.1) is 12.5 Å². The van der Waals surface area contributed by atoms with Crippen molar-refractivity contribution in [1.82, 2.24) is 5.06 Å². The van der Waals surface area contributed by atoms with Gasteiger partial charge in [-0.3, -0.25) is 9.59 Å². The summed E-state index contributed by atoms with van der Waals surface area (Å²) in [5.74, 6) is -2.07. The zero-order valence-electron chi connectivity index (χ0n) is 13.8. The number of hydrogen-bond donors (Lipinski definition) is 0. The number of amides is 2. The van der Waals surface area contributed by atoms with E-state index in [0.29, 0.717) is 16.6 Å². The summed E-state index contributed by atoms with van der Waals surface area (Å²) in [6.45, 7) is 1.92. The van der Waals surface area contributed by atoms with Crippen molar-refractivity contribution < 1.29 is 19.2 Å². The average Bonchev–Trinajstić information content (AvgIpc) is 2.85. The summed E-state index contributed by atoms with van der Waals surface area (Å²) in [7, 11) is 0. The molecule has 0 spiro atoms. The maximum Gasteiger partial charge on any atom is 0.333 e. The van der Waals surface area contributed by atoms with Crippen molar-refractivity contribution in [3.63, 3.8) is 0 Å². The fourth-order valence-corrected chi connectivity index (χ4v) is 4.58. The molecule has 0 N–H and O–H groups in total. The Labute approximate surface area is 154 Å². The minimum absolute atomic E-state index is 0.129. The van der Waals surface area contributed by atoms with E-state index in [1.54, 1.807) is 0 Å². The van der Waals surface area contributed by atoms with E-state index in [9.17, 15) is 19.6 Å². The highest BCUT2D eigenvalue weighted by atomic mass is 32.2. The standard InChI is InChI=1S/C17H18N2O4S2/c1-2-3-9-15(21)23-19-14(20)10-17(11-18,16(19)22)25-12-24-13-7-5-4-6-8-13/h4-8H,2-3,9-10,12H2,1H3. The topological polar surface area (TPSA) is 87.5 Å². The fraction of sp³-hybridized carbons (Fsp3) is 0.412. The Morgan fingerprint density at radius 2 is 2.08 bits per heavy atom. The first kappa shape index (κ1) is 19.3. The molecule has 8 heteroatoms. The Balaban J connectivity index is 1.98. The monoisotopic (exact) mass is 378 g/mol. The van der Waals surface area contributed by atoms with Gasteiger partial charge in [0.25, 0.3) is 11.8 Å². The van der Waals surface area contributed by atoms with Crippen LogP contribution < -0.4 is 0 Å². The highest BCUT2D eigenvalue weighted by molar-refractivity contribution is 8.17. The number of carbonyl (C=O) groups excluding carboxylic acids is 3. The number of hydrogen-bond acceptors (Lipinski definition) is 7. The van der Waals surface area contributed by atoms with Crippen LogP contribution in [0.2, 0.25) is 0 Å². The SMILES string of the molecule is CCCCC(=O)ON1C(=O)CC(C#N)(SCSc2ccccc2)C1=O. The third kappa shape index (κ3) is 4.77. The molecule has 2 rings (SSSR count). The van der Waals surface area contributed by atoms with Gasteiger partial charge in [0.2, 0.25) is 0 Å². The molecule has 1 fully saturated rings. The van der Waals surface area contributed by atoms with Crippen molar-refractivity contribution in [2.75, 3.05) is 5.08 Å². The van der Waals surface area contributed by atoms with Gasteiger partial charge >= 0.3 is 5.97 Å². The van der Waals surface area contributed by atoms with Crippen LogP contribution in [0.15, 0.2) is 35.2 Å². The summed E-state index contributed by atoms with van der Waals surface area (Å²) >= 11 is 2.56. The number of nitriles is 1. The Bertz CT molecular complexity index is 690. The van der Waals surface area contributed by atoms with Crippen LogP contribution in [0.4, 0.5) is 0 Å². The van der Waals surface area contributed by atoms with Crippen LogP contribution in [0.5, 0.6) is 0 Å². The summed E-state index contributed by atoms with van der Waals surface area (Å²) in [5, 5.41) is 10.4. The lowest BCUT2D eigenvalue weighted by molar-refractivity contribution is -0.197. The van der Waals surface area contributed by atoms with Gasteiger partial charge in [0.15, 0.2) is 4.75 Å². The lowest BCUT2D eigenvalue weighted by Crippen LogP contribution is -2.38. The number of hydroxylamine groups is 2. The molecule has 1 atom stereocenters. The van der Waals surface area contributed by atoms with Crippen LogP contribution in [0.25, 0.3) is 0 Å². The van der Waals surface area contributed by atoms with Gasteiger partial charge in [-0.2, -0.15) is 5.26 Å². The maximum atomic E-state index is 12.5. The molecule has 1 saturated heterocycles. The largest absolute Gasteiger partial charge is 0.333 e. The van der Waals surface area contributed by atoms with Crippen LogP contribution in [-0.4, -0.2) is 32.7 Å². The van der Waals surface area contributed by atoms with Crippen LogP contribution in [0.3, 0.4) is 0 Å². The minimum Gasteiger partial charge on any atom is -0.330 e. The predicted octanol–water partition coefficient (Wildman–Crippen LogP) is 3.14. The van der Waals surface area contributed by atoms with Gasteiger partial charge in [-0.15, -0.1) is 28.6 Å². The molecule has 1 aromatic rings. The molecule has 0 aliphatic carbocycles. The number of benzene rings is 1. The second kappa shape index (κ2) is 8.92. The lowest BCUT2D eigenvalue weighted by Gasteiger charge is -2.18. The van der Waals surface area contributed by atoms with Gasteiger partial charge in [0, 0.05) is 16.4 Å². The molecule has 1 aromatic carbocycles. The number of carbonyl (C=O) groups is 3. The zero-order chi connectivity index (χ0) is 18.3. The van der Waals surface area contributed by atoms with Gasteiger partial charge in [-0.1, -0.05) is 31.5 Å². The molecular weight excluding hydrogens is 360 g/mol. The van der Waals surface area contributed by atoms with Crippen LogP contribution in [0, 0.1) is 11.3 Å². The van der Waals surface area contributed by atoms with E-state index in [0.717, 1.165) is 23.1 Å². The average molecular weight is 378 g/mol. The molecule has 0 aromatic heterocycles. The van der Waals surface area contributed by atoms with Crippen molar-refractivity contribution in [3.05, 3.63) is 30.3 Å². The summed E-state index contributed by atoms with van der Waals surface area (Å²) < 4.78 is -1.54. The third-order valence-electron chi connectivity index (χ3n) is 3.54. The zero-order valence-corrected chi connectivity index (χ0v) is 15.4. The molecule has 6 nitrogen and oxygen atoms in total. The lowest BCUT2D eigenvalue weighted by atomic mass is 10.1. The molecular formula is C17H18N2O4S2. The van der Waals surface area contributed by atoms with Crippen molar-refractivity contribution in [2.45, 2.75) is 42.2 Å². The third-order valence-corrected chi connectivity index (χ3v) is 5.99. The second-order valence-electron chi connectivity index (χ2n) is 5.40. The number of imide groups is 1. The van der Waals surface area contributed by atoms with Gasteiger partial charge < -0.3 is 4.84 Å². The first-order valence-corrected chi connectivity index (χ1v) is 9.81. The van der Waals surface area contributed by atoms with E-state index in [1.807, 2.05) is 43.3 Å². The second-order valence-corrected chi connectivity index (χ2v) is 8.08. The highest BCUT2D eigenvalue weighted by Gasteiger charge is 2.55. The molecule has 0 saturated carbocycles. The maximum absolute atomic E-state index is 12.5. The molecule has 0 bridgehead atoms. The van der Waals surface area contributed by atoms with Gasteiger partial charge in [0.1, 0.15) is 0 Å². The van der Waals surface area contributed by atoms with Gasteiger partial charge in [-0.25, -0.2) is 4.79 Å². The normalized spacial score (nSPS) is 19.8. The molecule has 1 aliphatic rings. The van der Waals surface area contributed by atoms with Crippen LogP contribution >= 0.6 is 23.5 Å². The first-order valence-electron chi connectivity index (χ1n) is 7.83. The predicted molar refractivity (Wildman–Crippen MR) is 95.2 cm³/mol. The molecule has 0 radical (unpaired) electrons. The molecule has 132 valence electrons. The van der Waals surface area contributed by atoms with Crippen molar-refractivity contribution in [3.8, 4) is 6.07 Å². The molecule has 1 unspecified atom stereocenters. The quantitative estimate of drug-likeness (QED) is 0.390. The van der Waals surface area contributed by atoms with E-state index >= 15 is 0 Å². The van der Waals surface area contributed by atoms with Crippen molar-refractivity contribution >= 4 is 41.3 Å². The van der Waals surface area contributed by atoms with Crippen molar-refractivity contribution in [1.29, 1.82) is 5.26 Å². The number of unbranched alkanes of at least 4 members (excludes halogenated alkanes) is 1. The highest BCUT2D eigenvalue weighted by Crippen LogP contribution is 2.40. The van der Waals surface area contributed by atoms with Crippen LogP contribution in [-0.2, 0) is 19.2 Å². The van der Waals surface area contributed by atoms with Crippen molar-refractivity contribution in [2.24, 2.45) is 0 Å². The fourth-order valence-electron chi connectivity index (χ4n) is 2.15. The summed E-state index contributed by atoms with van der Waals surface area (Å²) in [5.41, 5.74) is 0. The van der Waals surface area contributed by atoms with E-state index in [-0.39, 0.29) is 12.8 Å². The Hall–Kier alpha value is -1.98. The molecule has 25 heavy (non-hydrogen) atoms. The number of rotatable bonds is 8. The van der Waals surface area contributed by atoms with Crippen LogP contribution in [0.1, 0.15) is 32.6 Å². The number of thioether (sulfide) groups is 2. The van der Waals surface area contributed by atoms with E-state index in [2.05, 4.69) is 0 Å². The summed E-state index contributed by atoms with van der Waals surface area (Å²) in [4.78, 5) is 42.1. The van der Waals surface area contributed by atoms with E-state index in [4.69, 9.17) is 4.84 Å². The molecule has 2 amide bonds. The Morgan fingerprint density at radius 1 is 1.36 bits per heavy atom. The molecule has 1 aliphatic heterocycles. The van der Waals surface area contributed by atoms with E-state index < -0.39 is 22.5 Å².